The predicted octanol–water partition coefficient (Wildman–Crippen LogP) is 3.01. The molecule has 0 radical (unpaired) electrons. The third-order valence-corrected chi connectivity index (χ3v) is 6.07. The molecule has 1 aromatic rings. The van der Waals surface area contributed by atoms with Crippen LogP contribution in [0.3, 0.4) is 0 Å². The van der Waals surface area contributed by atoms with Crippen LogP contribution in [0.5, 0.6) is 0 Å². The van der Waals surface area contributed by atoms with E-state index in [0.29, 0.717) is 25.2 Å². The Morgan fingerprint density at radius 1 is 1.30 bits per heavy atom. The van der Waals surface area contributed by atoms with Crippen molar-refractivity contribution in [3.8, 4) is 0 Å². The molecule has 23 heavy (non-hydrogen) atoms. The minimum atomic E-state index is -3.51. The molecule has 5 nitrogen and oxygen atoms in total. The molecule has 0 bridgehead atoms. The second kappa shape index (κ2) is 7.75. The summed E-state index contributed by atoms with van der Waals surface area (Å²) in [7, 11) is -3.51. The third-order valence-electron chi connectivity index (χ3n) is 4.02. The molecule has 0 saturated carbocycles. The number of hydrogen-bond donors (Lipinski definition) is 1. The summed E-state index contributed by atoms with van der Waals surface area (Å²) in [6, 6.07) is 6.45. The monoisotopic (exact) mass is 336 g/mol. The van der Waals surface area contributed by atoms with Crippen LogP contribution >= 0.6 is 0 Å². The van der Waals surface area contributed by atoms with E-state index in [2.05, 4.69) is 17.5 Å². The van der Waals surface area contributed by atoms with Gasteiger partial charge in [-0.2, -0.15) is 4.31 Å². The lowest BCUT2D eigenvalue weighted by molar-refractivity contribution is -0.116. The van der Waals surface area contributed by atoms with Crippen LogP contribution in [0.4, 0.5) is 5.69 Å². The minimum absolute atomic E-state index is 0.0843. The maximum absolute atomic E-state index is 12.5. The van der Waals surface area contributed by atoms with Gasteiger partial charge in [-0.05, 0) is 37.0 Å². The molecule has 0 unspecified atom stereocenters. The van der Waals surface area contributed by atoms with E-state index in [1.807, 2.05) is 13.8 Å². The van der Waals surface area contributed by atoms with Gasteiger partial charge < -0.3 is 5.32 Å². The second-order valence-electron chi connectivity index (χ2n) is 5.64. The van der Waals surface area contributed by atoms with Crippen molar-refractivity contribution in [3.63, 3.8) is 0 Å². The van der Waals surface area contributed by atoms with Gasteiger partial charge in [0, 0.05) is 25.2 Å². The number of benzene rings is 1. The highest BCUT2D eigenvalue weighted by atomic mass is 32.2. The van der Waals surface area contributed by atoms with Crippen LogP contribution in [-0.2, 0) is 14.8 Å². The summed E-state index contributed by atoms with van der Waals surface area (Å²) in [6.07, 6.45) is 6.62. The normalized spacial score (nSPS) is 17.6. The minimum Gasteiger partial charge on any atom is -0.326 e. The first-order valence-corrected chi connectivity index (χ1v) is 9.48. The van der Waals surface area contributed by atoms with Crippen molar-refractivity contribution in [2.45, 2.75) is 38.0 Å². The molecule has 0 heterocycles. The molecule has 1 aliphatic rings. The van der Waals surface area contributed by atoms with Gasteiger partial charge >= 0.3 is 0 Å². The van der Waals surface area contributed by atoms with Crippen LogP contribution < -0.4 is 5.32 Å². The number of nitrogens with zero attached hydrogens (tertiary/aromatic N) is 1. The molecule has 6 heteroatoms. The van der Waals surface area contributed by atoms with Gasteiger partial charge in [0.05, 0.1) is 4.90 Å². The maximum atomic E-state index is 12.5. The average Bonchev–Trinajstić information content (AvgIpc) is 3.01. The number of rotatable bonds is 7. The Balaban J connectivity index is 2.10. The summed E-state index contributed by atoms with van der Waals surface area (Å²) < 4.78 is 26.4. The zero-order valence-corrected chi connectivity index (χ0v) is 14.5. The fraction of sp³-hybridized carbons (Fsp3) is 0.471. The summed E-state index contributed by atoms with van der Waals surface area (Å²) in [5, 5.41) is 2.80. The van der Waals surface area contributed by atoms with E-state index in [1.165, 1.54) is 10.4 Å². The lowest BCUT2D eigenvalue weighted by Gasteiger charge is -2.19. The Labute approximate surface area is 138 Å². The number of sulfonamides is 1. The largest absolute Gasteiger partial charge is 0.326 e. The molecule has 0 spiro atoms. The van der Waals surface area contributed by atoms with E-state index < -0.39 is 10.0 Å². The molecule has 1 aliphatic carbocycles. The van der Waals surface area contributed by atoms with Gasteiger partial charge in [-0.3, -0.25) is 4.79 Å². The quantitative estimate of drug-likeness (QED) is 0.778. The Kier molecular flexibility index (Phi) is 5.96. The maximum Gasteiger partial charge on any atom is 0.243 e. The van der Waals surface area contributed by atoms with Gasteiger partial charge in [0.1, 0.15) is 0 Å². The molecule has 2 rings (SSSR count). The number of hydrogen-bond acceptors (Lipinski definition) is 3. The molecule has 126 valence electrons. The Hall–Kier alpha value is -1.66. The molecular formula is C17H24N2O3S. The van der Waals surface area contributed by atoms with E-state index >= 15 is 0 Å². The second-order valence-corrected chi connectivity index (χ2v) is 7.57. The average molecular weight is 336 g/mol. The summed E-state index contributed by atoms with van der Waals surface area (Å²) in [6.45, 7) is 4.45. The summed E-state index contributed by atoms with van der Waals surface area (Å²) in [4.78, 5) is 12.3. The Bertz CT molecular complexity index is 679. The first kappa shape index (κ1) is 17.7. The molecule has 0 aliphatic heterocycles. The number of allylic oxidation sites excluding steroid dienone is 2. The van der Waals surface area contributed by atoms with E-state index in [4.69, 9.17) is 0 Å². The number of nitrogens with one attached hydrogen (secondary N) is 1. The summed E-state index contributed by atoms with van der Waals surface area (Å²) in [5.74, 6) is 0.205. The van der Waals surface area contributed by atoms with E-state index in [1.54, 1.807) is 18.2 Å². The highest BCUT2D eigenvalue weighted by molar-refractivity contribution is 7.89. The predicted molar refractivity (Wildman–Crippen MR) is 91.7 cm³/mol. The van der Waals surface area contributed by atoms with Crippen molar-refractivity contribution >= 4 is 21.6 Å². The van der Waals surface area contributed by atoms with Crippen molar-refractivity contribution in [3.05, 3.63) is 36.4 Å². The van der Waals surface area contributed by atoms with Crippen molar-refractivity contribution in [2.75, 3.05) is 18.4 Å². The van der Waals surface area contributed by atoms with Gasteiger partial charge in [-0.25, -0.2) is 8.42 Å². The van der Waals surface area contributed by atoms with Gasteiger partial charge in [-0.1, -0.05) is 32.1 Å². The van der Waals surface area contributed by atoms with E-state index in [-0.39, 0.29) is 16.7 Å². The van der Waals surface area contributed by atoms with Crippen LogP contribution in [0, 0.1) is 5.92 Å². The highest BCUT2D eigenvalue weighted by Crippen LogP contribution is 2.22. The zero-order valence-electron chi connectivity index (χ0n) is 13.7. The van der Waals surface area contributed by atoms with Crippen molar-refractivity contribution < 1.29 is 13.2 Å². The topological polar surface area (TPSA) is 66.5 Å². The number of anilines is 1. The van der Waals surface area contributed by atoms with E-state index in [9.17, 15) is 13.2 Å². The summed E-state index contributed by atoms with van der Waals surface area (Å²) in [5.41, 5.74) is 0.519. The van der Waals surface area contributed by atoms with Gasteiger partial charge in [-0.15, -0.1) is 0 Å². The van der Waals surface area contributed by atoms with Crippen LogP contribution in [0.1, 0.15) is 33.1 Å². The lowest BCUT2D eigenvalue weighted by Crippen LogP contribution is -2.30. The number of amides is 1. The molecule has 1 amide bonds. The first-order valence-electron chi connectivity index (χ1n) is 8.04. The third kappa shape index (κ3) is 4.42. The zero-order chi connectivity index (χ0) is 16.9. The molecule has 0 fully saturated rings. The van der Waals surface area contributed by atoms with Gasteiger partial charge in [0.2, 0.25) is 15.9 Å². The van der Waals surface area contributed by atoms with Crippen LogP contribution in [-0.4, -0.2) is 31.7 Å². The molecule has 0 saturated heterocycles. The molecule has 1 aromatic carbocycles. The van der Waals surface area contributed by atoms with Crippen LogP contribution in [0.15, 0.2) is 41.3 Å². The van der Waals surface area contributed by atoms with Crippen molar-refractivity contribution in [1.82, 2.24) is 4.31 Å². The van der Waals surface area contributed by atoms with Crippen LogP contribution in [0.25, 0.3) is 0 Å². The first-order chi connectivity index (χ1) is 11.0. The smallest absolute Gasteiger partial charge is 0.243 e. The fourth-order valence-electron chi connectivity index (χ4n) is 2.76. The van der Waals surface area contributed by atoms with Gasteiger partial charge in [0.25, 0.3) is 0 Å². The molecular weight excluding hydrogens is 312 g/mol. The fourth-order valence-corrected chi connectivity index (χ4v) is 4.27. The number of carbonyl (C=O) groups excluding carboxylic acids is 1. The molecule has 1 atom stereocenters. The number of carbonyl (C=O) groups is 1. The van der Waals surface area contributed by atoms with Gasteiger partial charge in [0.15, 0.2) is 0 Å². The Morgan fingerprint density at radius 3 is 2.65 bits per heavy atom. The van der Waals surface area contributed by atoms with Crippen molar-refractivity contribution in [2.24, 2.45) is 5.92 Å². The highest BCUT2D eigenvalue weighted by Gasteiger charge is 2.22. The Morgan fingerprint density at radius 2 is 2.04 bits per heavy atom. The van der Waals surface area contributed by atoms with E-state index in [0.717, 1.165) is 12.8 Å². The van der Waals surface area contributed by atoms with Crippen molar-refractivity contribution in [1.29, 1.82) is 0 Å². The van der Waals surface area contributed by atoms with Crippen LogP contribution in [0.2, 0.25) is 0 Å². The molecule has 0 aromatic heterocycles. The lowest BCUT2D eigenvalue weighted by atomic mass is 10.1. The SMILES string of the molecule is CCN(CC)S(=O)(=O)c1cccc(NC(=O)C[C@H]2C=CCC2)c1. The standard InChI is InChI=1S/C17H24N2O3S/c1-3-19(4-2)23(21,22)16-11-7-10-15(13-16)18-17(20)12-14-8-5-6-9-14/h5,7-8,10-11,13-14H,3-4,6,9,12H2,1-2H3,(H,18,20)/t14-/m0/s1. The summed E-state index contributed by atoms with van der Waals surface area (Å²) >= 11 is 0. The molecule has 1 N–H and O–H groups in total.